The van der Waals surface area contributed by atoms with Crippen LogP contribution >= 0.6 is 0 Å². The van der Waals surface area contributed by atoms with Gasteiger partial charge in [0.1, 0.15) is 6.07 Å². The summed E-state index contributed by atoms with van der Waals surface area (Å²) in [4.78, 5) is 0. The molecular weight excluding hydrogens is 244 g/mol. The Morgan fingerprint density at radius 2 is 1.70 bits per heavy atom. The van der Waals surface area contributed by atoms with E-state index < -0.39 is 0 Å². The lowest BCUT2D eigenvalue weighted by Gasteiger charge is -2.24. The Morgan fingerprint density at radius 1 is 1.00 bits per heavy atom. The number of para-hydroxylation sites is 2. The van der Waals surface area contributed by atoms with Gasteiger partial charge in [0, 0.05) is 5.69 Å². The van der Waals surface area contributed by atoms with E-state index >= 15 is 0 Å². The molecule has 0 aromatic heterocycles. The summed E-state index contributed by atoms with van der Waals surface area (Å²) in [6, 6.07) is 16.3. The molecule has 2 heteroatoms. The van der Waals surface area contributed by atoms with Crippen LogP contribution in [0.4, 0.5) is 11.4 Å². The van der Waals surface area contributed by atoms with E-state index in [1.54, 1.807) is 0 Å². The maximum atomic E-state index is 9.26. The van der Waals surface area contributed by atoms with Crippen molar-refractivity contribution in [2.24, 2.45) is 0 Å². The third kappa shape index (κ3) is 2.83. The van der Waals surface area contributed by atoms with Crippen LogP contribution in [-0.4, -0.2) is 0 Å². The van der Waals surface area contributed by atoms with Gasteiger partial charge in [0.05, 0.1) is 11.3 Å². The van der Waals surface area contributed by atoms with Gasteiger partial charge in [-0.15, -0.1) is 0 Å². The number of hydrogen-bond acceptors (Lipinski definition) is 2. The van der Waals surface area contributed by atoms with Crippen LogP contribution in [0.3, 0.4) is 0 Å². The first-order valence-corrected chi connectivity index (χ1v) is 6.79. The summed E-state index contributed by atoms with van der Waals surface area (Å²) in [7, 11) is 0. The highest BCUT2D eigenvalue weighted by Crippen LogP contribution is 2.33. The molecule has 102 valence electrons. The second-order valence-electron chi connectivity index (χ2n) is 6.03. The molecule has 0 heterocycles. The second-order valence-corrected chi connectivity index (χ2v) is 6.03. The number of hydrogen-bond donors (Lipinski definition) is 1. The van der Waals surface area contributed by atoms with Gasteiger partial charge in [-0.1, -0.05) is 51.1 Å². The quantitative estimate of drug-likeness (QED) is 0.836. The molecule has 0 atom stereocenters. The Labute approximate surface area is 121 Å². The van der Waals surface area contributed by atoms with Crippen molar-refractivity contribution in [3.8, 4) is 6.07 Å². The average molecular weight is 264 g/mol. The van der Waals surface area contributed by atoms with Crippen molar-refractivity contribution < 1.29 is 0 Å². The highest BCUT2D eigenvalue weighted by Gasteiger charge is 2.18. The zero-order valence-corrected chi connectivity index (χ0v) is 12.5. The monoisotopic (exact) mass is 264 g/mol. The molecule has 0 spiro atoms. The van der Waals surface area contributed by atoms with E-state index in [-0.39, 0.29) is 5.41 Å². The van der Waals surface area contributed by atoms with Gasteiger partial charge in [-0.05, 0) is 35.6 Å². The molecular formula is C18H20N2. The molecule has 0 bridgehead atoms. The van der Waals surface area contributed by atoms with Crippen LogP contribution in [0.25, 0.3) is 0 Å². The Kier molecular flexibility index (Phi) is 3.81. The number of aryl methyl sites for hydroxylation is 1. The molecule has 0 aliphatic rings. The molecule has 0 saturated heterocycles. The first-order valence-electron chi connectivity index (χ1n) is 6.79. The number of anilines is 2. The molecule has 0 radical (unpaired) electrons. The number of nitrogens with zero attached hydrogens (tertiary/aromatic N) is 1. The van der Waals surface area contributed by atoms with Crippen molar-refractivity contribution in [3.05, 3.63) is 59.2 Å². The summed E-state index contributed by atoms with van der Waals surface area (Å²) < 4.78 is 0. The fourth-order valence-electron chi connectivity index (χ4n) is 2.31. The van der Waals surface area contributed by atoms with Gasteiger partial charge in [-0.3, -0.25) is 0 Å². The Balaban J connectivity index is 2.50. The molecule has 0 fully saturated rings. The van der Waals surface area contributed by atoms with E-state index in [4.69, 9.17) is 0 Å². The SMILES string of the molecule is Cc1cccc(C#N)c1Nc1ccccc1C(C)(C)C. The Hall–Kier alpha value is -2.27. The van der Waals surface area contributed by atoms with Crippen LogP contribution < -0.4 is 5.32 Å². The molecule has 1 N–H and O–H groups in total. The number of benzene rings is 2. The predicted molar refractivity (Wildman–Crippen MR) is 84.3 cm³/mol. The third-order valence-electron chi connectivity index (χ3n) is 3.39. The smallest absolute Gasteiger partial charge is 0.101 e. The minimum Gasteiger partial charge on any atom is -0.354 e. The Bertz CT molecular complexity index is 658. The summed E-state index contributed by atoms with van der Waals surface area (Å²) in [6.07, 6.45) is 0. The summed E-state index contributed by atoms with van der Waals surface area (Å²) in [6.45, 7) is 8.59. The average Bonchev–Trinajstić information content (AvgIpc) is 2.40. The first-order chi connectivity index (χ1) is 9.43. The topological polar surface area (TPSA) is 35.8 Å². The maximum absolute atomic E-state index is 9.26. The second kappa shape index (κ2) is 5.38. The van der Waals surface area contributed by atoms with Crippen molar-refractivity contribution in [1.29, 1.82) is 5.26 Å². The van der Waals surface area contributed by atoms with E-state index in [2.05, 4.69) is 50.4 Å². The van der Waals surface area contributed by atoms with Gasteiger partial charge in [-0.2, -0.15) is 5.26 Å². The third-order valence-corrected chi connectivity index (χ3v) is 3.39. The molecule has 0 saturated carbocycles. The minimum atomic E-state index is 0.0546. The summed E-state index contributed by atoms with van der Waals surface area (Å²) in [5.74, 6) is 0. The largest absolute Gasteiger partial charge is 0.354 e. The highest BCUT2D eigenvalue weighted by molar-refractivity contribution is 5.72. The number of rotatable bonds is 2. The zero-order chi connectivity index (χ0) is 14.8. The zero-order valence-electron chi connectivity index (χ0n) is 12.5. The number of nitrogens with one attached hydrogen (secondary N) is 1. The fourth-order valence-corrected chi connectivity index (χ4v) is 2.31. The first kappa shape index (κ1) is 14.1. The molecule has 0 aliphatic heterocycles. The van der Waals surface area contributed by atoms with E-state index in [0.717, 1.165) is 16.9 Å². The lowest BCUT2D eigenvalue weighted by atomic mass is 9.85. The molecule has 0 aliphatic carbocycles. The number of nitriles is 1. The van der Waals surface area contributed by atoms with Gasteiger partial charge in [0.25, 0.3) is 0 Å². The molecule has 2 rings (SSSR count). The van der Waals surface area contributed by atoms with Gasteiger partial charge < -0.3 is 5.32 Å². The van der Waals surface area contributed by atoms with Crippen molar-refractivity contribution in [2.75, 3.05) is 5.32 Å². The van der Waals surface area contributed by atoms with Crippen LogP contribution in [0.15, 0.2) is 42.5 Å². The van der Waals surface area contributed by atoms with Crippen molar-refractivity contribution in [3.63, 3.8) is 0 Å². The Morgan fingerprint density at radius 3 is 2.35 bits per heavy atom. The fraction of sp³-hybridized carbons (Fsp3) is 0.278. The van der Waals surface area contributed by atoms with E-state index in [1.165, 1.54) is 5.56 Å². The van der Waals surface area contributed by atoms with Gasteiger partial charge in [-0.25, -0.2) is 0 Å². The highest BCUT2D eigenvalue weighted by atomic mass is 14.9. The van der Waals surface area contributed by atoms with Crippen LogP contribution in [0, 0.1) is 18.3 Å². The van der Waals surface area contributed by atoms with Crippen molar-refractivity contribution in [1.82, 2.24) is 0 Å². The maximum Gasteiger partial charge on any atom is 0.101 e. The van der Waals surface area contributed by atoms with Crippen LogP contribution in [0.2, 0.25) is 0 Å². The molecule has 2 aromatic rings. The van der Waals surface area contributed by atoms with E-state index in [9.17, 15) is 5.26 Å². The minimum absolute atomic E-state index is 0.0546. The van der Waals surface area contributed by atoms with Crippen LogP contribution in [-0.2, 0) is 5.41 Å². The van der Waals surface area contributed by atoms with E-state index in [0.29, 0.717) is 5.56 Å². The van der Waals surface area contributed by atoms with Crippen LogP contribution in [0.5, 0.6) is 0 Å². The lowest BCUT2D eigenvalue weighted by Crippen LogP contribution is -2.14. The van der Waals surface area contributed by atoms with E-state index in [1.807, 2.05) is 31.2 Å². The molecule has 20 heavy (non-hydrogen) atoms. The summed E-state index contributed by atoms with van der Waals surface area (Å²) >= 11 is 0. The lowest BCUT2D eigenvalue weighted by molar-refractivity contribution is 0.592. The molecule has 2 aromatic carbocycles. The van der Waals surface area contributed by atoms with Gasteiger partial charge >= 0.3 is 0 Å². The predicted octanol–water partition coefficient (Wildman–Crippen LogP) is 4.91. The molecule has 0 amide bonds. The van der Waals surface area contributed by atoms with Crippen LogP contribution in [0.1, 0.15) is 37.5 Å². The molecule has 2 nitrogen and oxygen atoms in total. The van der Waals surface area contributed by atoms with Crippen molar-refractivity contribution in [2.45, 2.75) is 33.1 Å². The van der Waals surface area contributed by atoms with Gasteiger partial charge in [0.15, 0.2) is 0 Å². The van der Waals surface area contributed by atoms with Crippen molar-refractivity contribution >= 4 is 11.4 Å². The summed E-state index contributed by atoms with van der Waals surface area (Å²) in [5, 5.41) is 12.7. The normalized spacial score (nSPS) is 10.9. The summed E-state index contributed by atoms with van der Waals surface area (Å²) in [5.41, 5.74) is 5.00. The molecule has 0 unspecified atom stereocenters. The standard InChI is InChI=1S/C18H20N2/c1-13-8-7-9-14(12-19)17(13)20-16-11-6-5-10-15(16)18(2,3)4/h5-11,20H,1-4H3. The van der Waals surface area contributed by atoms with Gasteiger partial charge in [0.2, 0.25) is 0 Å².